The molecule has 0 saturated heterocycles. The van der Waals surface area contributed by atoms with Crippen molar-refractivity contribution in [1.29, 1.82) is 0 Å². The van der Waals surface area contributed by atoms with Gasteiger partial charge >= 0.3 is 0 Å². The van der Waals surface area contributed by atoms with Crippen LogP contribution in [0.1, 0.15) is 55.4 Å². The lowest BCUT2D eigenvalue weighted by molar-refractivity contribution is 0.235. The molecular weight excluding hydrogens is 224 g/mol. The van der Waals surface area contributed by atoms with E-state index in [1.165, 1.54) is 0 Å². The van der Waals surface area contributed by atoms with E-state index >= 15 is 0 Å². The highest BCUT2D eigenvalue weighted by Gasteiger charge is 1.99. The van der Waals surface area contributed by atoms with Crippen LogP contribution in [-0.2, 0) is 0 Å². The van der Waals surface area contributed by atoms with Crippen LogP contribution in [0.15, 0.2) is 24.3 Å². The molecule has 106 valence electrons. The van der Waals surface area contributed by atoms with Gasteiger partial charge in [0.15, 0.2) is 0 Å². The maximum absolute atomic E-state index is 5.52. The molecule has 0 aliphatic heterocycles. The van der Waals surface area contributed by atoms with Crippen molar-refractivity contribution in [1.82, 2.24) is 0 Å². The number of rotatable bonds is 4. The van der Waals surface area contributed by atoms with Crippen LogP contribution in [-0.4, -0.2) is 12.2 Å². The molecule has 1 rings (SSSR count). The molecule has 0 radical (unpaired) electrons. The van der Waals surface area contributed by atoms with Crippen molar-refractivity contribution in [2.75, 3.05) is 0 Å². The summed E-state index contributed by atoms with van der Waals surface area (Å²) in [4.78, 5) is 0. The van der Waals surface area contributed by atoms with Gasteiger partial charge in [-0.2, -0.15) is 0 Å². The van der Waals surface area contributed by atoms with Crippen molar-refractivity contribution in [2.24, 2.45) is 0 Å². The van der Waals surface area contributed by atoms with E-state index < -0.39 is 0 Å². The fraction of sp³-hybridized carbons (Fsp3) is 0.625. The standard InChI is InChI=1S/C12H18O2.2C2H6/c1-9(2)13-11-5-7-12(8-6-11)14-10(3)4;2*1-2/h5-10H,1-4H3;2*1-2H3. The first-order valence-corrected chi connectivity index (χ1v) is 7.01. The van der Waals surface area contributed by atoms with Gasteiger partial charge in [-0.1, -0.05) is 27.7 Å². The van der Waals surface area contributed by atoms with E-state index in [0.717, 1.165) is 11.5 Å². The average molecular weight is 254 g/mol. The zero-order valence-corrected chi connectivity index (χ0v) is 13.3. The Bertz CT molecular complexity index is 234. The molecule has 0 aliphatic carbocycles. The first-order chi connectivity index (χ1) is 8.58. The summed E-state index contributed by atoms with van der Waals surface area (Å²) in [5.41, 5.74) is 0. The summed E-state index contributed by atoms with van der Waals surface area (Å²) in [6, 6.07) is 7.71. The van der Waals surface area contributed by atoms with Crippen molar-refractivity contribution >= 4 is 0 Å². The van der Waals surface area contributed by atoms with Crippen LogP contribution in [0, 0.1) is 0 Å². The summed E-state index contributed by atoms with van der Waals surface area (Å²) in [5, 5.41) is 0. The summed E-state index contributed by atoms with van der Waals surface area (Å²) in [5.74, 6) is 1.77. The second kappa shape index (κ2) is 12.3. The summed E-state index contributed by atoms with van der Waals surface area (Å²) in [6.45, 7) is 16.0. The molecule has 0 atom stereocenters. The normalized spacial score (nSPS) is 9.00. The number of benzene rings is 1. The Kier molecular flexibility index (Phi) is 13.1. The van der Waals surface area contributed by atoms with E-state index in [1.54, 1.807) is 0 Å². The molecule has 0 aliphatic rings. The predicted octanol–water partition coefficient (Wildman–Crippen LogP) is 5.31. The van der Waals surface area contributed by atoms with Crippen LogP contribution >= 0.6 is 0 Å². The third-order valence-corrected chi connectivity index (χ3v) is 1.57. The highest BCUT2D eigenvalue weighted by molar-refractivity contribution is 5.31. The van der Waals surface area contributed by atoms with Gasteiger partial charge in [0.2, 0.25) is 0 Å². The van der Waals surface area contributed by atoms with Crippen LogP contribution in [0.5, 0.6) is 11.5 Å². The van der Waals surface area contributed by atoms with Crippen molar-refractivity contribution < 1.29 is 9.47 Å². The summed E-state index contributed by atoms with van der Waals surface area (Å²) < 4.78 is 11.0. The Labute approximate surface area is 113 Å². The Hall–Kier alpha value is -1.18. The molecule has 1 aromatic rings. The van der Waals surface area contributed by atoms with Gasteiger partial charge in [0.1, 0.15) is 11.5 Å². The second-order valence-electron chi connectivity index (χ2n) is 3.80. The molecule has 1 aromatic carbocycles. The number of ether oxygens (including phenoxy) is 2. The van der Waals surface area contributed by atoms with Crippen molar-refractivity contribution in [3.05, 3.63) is 24.3 Å². The van der Waals surface area contributed by atoms with Gasteiger partial charge in [0, 0.05) is 0 Å². The molecule has 2 nitrogen and oxygen atoms in total. The van der Waals surface area contributed by atoms with Gasteiger partial charge in [-0.25, -0.2) is 0 Å². The van der Waals surface area contributed by atoms with E-state index in [-0.39, 0.29) is 12.2 Å². The lowest BCUT2D eigenvalue weighted by atomic mass is 10.3. The van der Waals surface area contributed by atoms with E-state index in [9.17, 15) is 0 Å². The van der Waals surface area contributed by atoms with Gasteiger partial charge in [-0.3, -0.25) is 0 Å². The maximum atomic E-state index is 5.52. The molecule has 0 bridgehead atoms. The fourth-order valence-corrected chi connectivity index (χ4v) is 1.14. The Morgan fingerprint density at radius 1 is 0.611 bits per heavy atom. The van der Waals surface area contributed by atoms with Crippen LogP contribution in [0.3, 0.4) is 0 Å². The van der Waals surface area contributed by atoms with Crippen molar-refractivity contribution in [3.8, 4) is 11.5 Å². The van der Waals surface area contributed by atoms with E-state index in [2.05, 4.69) is 0 Å². The zero-order valence-electron chi connectivity index (χ0n) is 13.3. The minimum Gasteiger partial charge on any atom is -0.491 e. The van der Waals surface area contributed by atoms with E-state index in [0.29, 0.717) is 0 Å². The van der Waals surface area contributed by atoms with Crippen molar-refractivity contribution in [3.63, 3.8) is 0 Å². The third kappa shape index (κ3) is 10.0. The van der Waals surface area contributed by atoms with Gasteiger partial charge < -0.3 is 9.47 Å². The van der Waals surface area contributed by atoms with Gasteiger partial charge in [0.05, 0.1) is 12.2 Å². The minimum atomic E-state index is 0.215. The number of hydrogen-bond acceptors (Lipinski definition) is 2. The van der Waals surface area contributed by atoms with Gasteiger partial charge in [-0.15, -0.1) is 0 Å². The molecule has 2 heteroatoms. The smallest absolute Gasteiger partial charge is 0.119 e. The van der Waals surface area contributed by atoms with Crippen LogP contribution in [0.4, 0.5) is 0 Å². The molecule has 0 saturated carbocycles. The Balaban J connectivity index is 0. The first kappa shape index (κ1) is 19.2. The zero-order chi connectivity index (χ0) is 14.6. The van der Waals surface area contributed by atoms with Crippen molar-refractivity contribution in [2.45, 2.75) is 67.6 Å². The molecular formula is C16H30O2. The second-order valence-corrected chi connectivity index (χ2v) is 3.80. The van der Waals surface area contributed by atoms with Gasteiger partial charge in [0.25, 0.3) is 0 Å². The molecule has 18 heavy (non-hydrogen) atoms. The average Bonchev–Trinajstić information content (AvgIpc) is 2.35. The van der Waals surface area contributed by atoms with E-state index in [1.807, 2.05) is 79.7 Å². The van der Waals surface area contributed by atoms with Crippen LogP contribution < -0.4 is 9.47 Å². The molecule has 0 heterocycles. The van der Waals surface area contributed by atoms with Crippen LogP contribution in [0.2, 0.25) is 0 Å². The Morgan fingerprint density at radius 2 is 0.833 bits per heavy atom. The SMILES string of the molecule is CC.CC.CC(C)Oc1ccc(OC(C)C)cc1. The molecule has 0 N–H and O–H groups in total. The topological polar surface area (TPSA) is 18.5 Å². The monoisotopic (exact) mass is 254 g/mol. The molecule has 0 fully saturated rings. The predicted molar refractivity (Wildman–Crippen MR) is 80.7 cm³/mol. The fourth-order valence-electron chi connectivity index (χ4n) is 1.14. The molecule has 0 aromatic heterocycles. The molecule has 0 unspecified atom stereocenters. The largest absolute Gasteiger partial charge is 0.491 e. The lowest BCUT2D eigenvalue weighted by Crippen LogP contribution is -2.07. The molecule has 0 amide bonds. The Morgan fingerprint density at radius 3 is 1.00 bits per heavy atom. The first-order valence-electron chi connectivity index (χ1n) is 7.01. The highest BCUT2D eigenvalue weighted by atomic mass is 16.5. The molecule has 0 spiro atoms. The maximum Gasteiger partial charge on any atom is 0.119 e. The van der Waals surface area contributed by atoms with Crippen LogP contribution in [0.25, 0.3) is 0 Å². The summed E-state index contributed by atoms with van der Waals surface area (Å²) in [6.07, 6.45) is 0.429. The lowest BCUT2D eigenvalue weighted by Gasteiger charge is -2.12. The van der Waals surface area contributed by atoms with Gasteiger partial charge in [-0.05, 0) is 52.0 Å². The minimum absolute atomic E-state index is 0.215. The summed E-state index contributed by atoms with van der Waals surface area (Å²) in [7, 11) is 0. The highest BCUT2D eigenvalue weighted by Crippen LogP contribution is 2.19. The third-order valence-electron chi connectivity index (χ3n) is 1.57. The van der Waals surface area contributed by atoms with E-state index in [4.69, 9.17) is 9.47 Å². The summed E-state index contributed by atoms with van der Waals surface area (Å²) >= 11 is 0. The quantitative estimate of drug-likeness (QED) is 0.724. The number of hydrogen-bond donors (Lipinski definition) is 0.